The molecular weight excluding hydrogens is 1150 g/mol. The van der Waals surface area contributed by atoms with Crippen molar-refractivity contribution in [2.75, 3.05) is 18.6 Å². The number of carbonyl (C=O) groups is 11. The molecule has 1 aromatic heterocycles. The van der Waals surface area contributed by atoms with Crippen LogP contribution in [0.3, 0.4) is 0 Å². The molecule has 10 amide bonds. The molecule has 1 aromatic carbocycles. The number of carboxylic acid groups (broad SMARTS) is 1. The lowest BCUT2D eigenvalue weighted by molar-refractivity contribution is -0.142. The molecule has 0 saturated carbocycles. The number of guanidine groups is 1. The first kappa shape index (κ1) is 75.2. The quantitative estimate of drug-likeness (QED) is 0.0192. The minimum absolute atomic E-state index is 0.0156. The van der Waals surface area contributed by atoms with E-state index in [0.29, 0.717) is 23.4 Å². The summed E-state index contributed by atoms with van der Waals surface area (Å²) in [5, 5.41) is 43.4. The molecular formula is C57H94N16O13S. The van der Waals surface area contributed by atoms with Crippen LogP contribution in [0.15, 0.2) is 47.8 Å². The second-order valence-corrected chi connectivity index (χ2v) is 23.8. The second-order valence-electron chi connectivity index (χ2n) is 22.8. The van der Waals surface area contributed by atoms with E-state index in [1.807, 2.05) is 13.8 Å². The maximum Gasteiger partial charge on any atom is 0.326 e. The fourth-order valence-electron chi connectivity index (χ4n) is 8.81. The van der Waals surface area contributed by atoms with E-state index >= 15 is 0 Å². The minimum Gasteiger partial charge on any atom is -0.480 e. The van der Waals surface area contributed by atoms with E-state index in [2.05, 4.69) is 62.8 Å². The molecule has 12 unspecified atom stereocenters. The number of aliphatic hydroxyl groups excluding tert-OH is 1. The summed E-state index contributed by atoms with van der Waals surface area (Å²) >= 11 is 1.40. The summed E-state index contributed by atoms with van der Waals surface area (Å²) in [5.74, 6) is -11.5. The van der Waals surface area contributed by atoms with Gasteiger partial charge in [-0.05, 0) is 80.3 Å². The zero-order valence-corrected chi connectivity index (χ0v) is 52.3. The van der Waals surface area contributed by atoms with E-state index < -0.39 is 150 Å². The molecule has 0 bridgehead atoms. The highest BCUT2D eigenvalue weighted by atomic mass is 32.2. The summed E-state index contributed by atoms with van der Waals surface area (Å²) in [5.41, 5.74) is 23.4. The third kappa shape index (κ3) is 27.6. The number of aromatic nitrogens is 2. The average Bonchev–Trinajstić information content (AvgIpc) is 4.17. The largest absolute Gasteiger partial charge is 0.480 e. The van der Waals surface area contributed by atoms with Crippen LogP contribution in [-0.4, -0.2) is 176 Å². The van der Waals surface area contributed by atoms with Crippen LogP contribution in [0.25, 0.3) is 0 Å². The Morgan fingerprint density at radius 1 is 0.598 bits per heavy atom. The number of thioether (sulfide) groups is 1. The van der Waals surface area contributed by atoms with E-state index in [0.717, 1.165) is 0 Å². The van der Waals surface area contributed by atoms with Crippen LogP contribution in [0.1, 0.15) is 119 Å². The summed E-state index contributed by atoms with van der Waals surface area (Å²) in [6.07, 6.45) is 2.91. The van der Waals surface area contributed by atoms with Crippen molar-refractivity contribution in [1.82, 2.24) is 57.8 Å². The van der Waals surface area contributed by atoms with E-state index in [9.17, 15) is 63.0 Å². The van der Waals surface area contributed by atoms with Crippen molar-refractivity contribution in [3.63, 3.8) is 0 Å². The van der Waals surface area contributed by atoms with Crippen LogP contribution < -0.4 is 70.8 Å². The van der Waals surface area contributed by atoms with Gasteiger partial charge in [-0.15, -0.1) is 0 Å². The summed E-state index contributed by atoms with van der Waals surface area (Å²) in [6.45, 7) is 15.1. The van der Waals surface area contributed by atoms with Gasteiger partial charge in [0.1, 0.15) is 60.4 Å². The number of carbonyl (C=O) groups excluding carboxylic acids is 10. The highest BCUT2D eigenvalue weighted by molar-refractivity contribution is 7.98. The lowest BCUT2D eigenvalue weighted by Gasteiger charge is -2.30. The van der Waals surface area contributed by atoms with Gasteiger partial charge in [0.05, 0.1) is 18.9 Å². The van der Waals surface area contributed by atoms with Gasteiger partial charge in [0.25, 0.3) is 0 Å². The highest BCUT2D eigenvalue weighted by Crippen LogP contribution is 2.16. The number of H-pyrrole nitrogens is 1. The van der Waals surface area contributed by atoms with Gasteiger partial charge in [-0.25, -0.2) is 9.78 Å². The predicted molar refractivity (Wildman–Crippen MR) is 327 cm³/mol. The van der Waals surface area contributed by atoms with Gasteiger partial charge in [-0.2, -0.15) is 11.8 Å². The topological polar surface area (TPSA) is 482 Å². The number of aliphatic carboxylic acids is 1. The number of primary amides is 1. The van der Waals surface area contributed by atoms with Crippen LogP contribution in [0.4, 0.5) is 0 Å². The number of hydrogen-bond donors (Lipinski definition) is 16. The summed E-state index contributed by atoms with van der Waals surface area (Å²) in [4.78, 5) is 162. The number of imidazole rings is 1. The fourth-order valence-corrected chi connectivity index (χ4v) is 9.28. The number of benzene rings is 1. The molecule has 0 saturated heterocycles. The molecule has 20 N–H and O–H groups in total. The van der Waals surface area contributed by atoms with E-state index in [4.69, 9.17) is 22.9 Å². The monoisotopic (exact) mass is 1240 g/mol. The van der Waals surface area contributed by atoms with Gasteiger partial charge >= 0.3 is 5.97 Å². The molecule has 1 heterocycles. The Labute approximate surface area is 512 Å². The Hall–Kier alpha value is -7.86. The zero-order chi connectivity index (χ0) is 65.7. The van der Waals surface area contributed by atoms with Crippen molar-refractivity contribution < 1.29 is 63.0 Å². The van der Waals surface area contributed by atoms with Crippen molar-refractivity contribution in [2.24, 2.45) is 51.6 Å². The molecule has 87 heavy (non-hydrogen) atoms. The Morgan fingerprint density at radius 3 is 1.56 bits per heavy atom. The molecule has 0 fully saturated rings. The standard InChI is InChI=1S/C57H94N16O13S/c1-11-32(8)46(55(84)70-39(23-30(4)5)49(78)67-38(22-29(2)3)48(77)68-40(24-34-16-13-12-14-17-34)50(79)66-37(56(85)86)19-21-87-10)73-52(81)42(26-43(58)75)71-54(83)45(31(6)7)72-51(80)41(25-35-27-62-28-64-35)69-47(76)36(18-15-20-63-57(60)61)65-53(82)44(59)33(9)74/h12-14,16-17,27-33,36-42,44-46,74H,11,15,18-26,59H2,1-10H3,(H2,58,75)(H,62,64)(H,65,82)(H,66,79)(H,67,78)(H,68,77)(H,69,76)(H,70,84)(H,71,83)(H,72,80)(H,73,81)(H,85,86)(H4,60,61,63). The number of nitrogens with zero attached hydrogens (tertiary/aromatic N) is 2. The van der Waals surface area contributed by atoms with Crippen molar-refractivity contribution in [1.29, 1.82) is 0 Å². The van der Waals surface area contributed by atoms with Crippen LogP contribution in [-0.2, 0) is 65.6 Å². The van der Waals surface area contributed by atoms with Crippen LogP contribution >= 0.6 is 11.8 Å². The highest BCUT2D eigenvalue weighted by Gasteiger charge is 2.38. The first-order valence-electron chi connectivity index (χ1n) is 29.1. The van der Waals surface area contributed by atoms with Gasteiger partial charge in [0.2, 0.25) is 59.1 Å². The van der Waals surface area contributed by atoms with Crippen molar-refractivity contribution in [3.8, 4) is 0 Å². The van der Waals surface area contributed by atoms with E-state index in [1.54, 1.807) is 78.1 Å². The summed E-state index contributed by atoms with van der Waals surface area (Å²) in [7, 11) is 0. The van der Waals surface area contributed by atoms with Crippen LogP contribution in [0, 0.1) is 23.7 Å². The van der Waals surface area contributed by atoms with Gasteiger partial charge in [0, 0.05) is 31.3 Å². The maximum absolute atomic E-state index is 14.5. The predicted octanol–water partition coefficient (Wildman–Crippen LogP) is -2.17. The third-order valence-corrected chi connectivity index (χ3v) is 14.6. The molecule has 2 aromatic rings. The van der Waals surface area contributed by atoms with Crippen molar-refractivity contribution in [3.05, 3.63) is 54.1 Å². The molecule has 0 aliphatic rings. The Bertz CT molecular complexity index is 2610. The Balaban J connectivity index is 2.46. The Morgan fingerprint density at radius 2 is 1.07 bits per heavy atom. The Kier molecular flexibility index (Phi) is 33.1. The molecule has 2 rings (SSSR count). The molecule has 0 radical (unpaired) electrons. The molecule has 29 nitrogen and oxygen atoms in total. The van der Waals surface area contributed by atoms with Crippen LogP contribution in [0.2, 0.25) is 0 Å². The number of rotatable bonds is 40. The van der Waals surface area contributed by atoms with Gasteiger partial charge in [0.15, 0.2) is 5.96 Å². The second kappa shape index (κ2) is 38.3. The number of aliphatic imine (C=N–C) groups is 1. The zero-order valence-electron chi connectivity index (χ0n) is 51.5. The number of amides is 10. The summed E-state index contributed by atoms with van der Waals surface area (Å²) in [6, 6.07) is -5.06. The number of carboxylic acids is 1. The normalized spacial score (nSPS) is 15.4. The fraction of sp³-hybridized carbons (Fsp3) is 0.632. The van der Waals surface area contributed by atoms with E-state index in [-0.39, 0.29) is 69.3 Å². The summed E-state index contributed by atoms with van der Waals surface area (Å²) < 4.78 is 0. The minimum atomic E-state index is -1.73. The van der Waals surface area contributed by atoms with Gasteiger partial charge < -0.3 is 86.0 Å². The molecule has 486 valence electrons. The van der Waals surface area contributed by atoms with E-state index in [1.165, 1.54) is 31.2 Å². The van der Waals surface area contributed by atoms with Crippen molar-refractivity contribution >= 4 is 82.8 Å². The lowest BCUT2D eigenvalue weighted by atomic mass is 9.95. The first-order valence-corrected chi connectivity index (χ1v) is 30.5. The van der Waals surface area contributed by atoms with Gasteiger partial charge in [-0.1, -0.05) is 92.1 Å². The molecule has 12 atom stereocenters. The maximum atomic E-state index is 14.5. The molecule has 30 heteroatoms. The van der Waals surface area contributed by atoms with Crippen molar-refractivity contribution in [2.45, 2.75) is 187 Å². The number of hydrogen-bond acceptors (Lipinski definition) is 16. The number of nitrogens with two attached hydrogens (primary N) is 4. The smallest absolute Gasteiger partial charge is 0.326 e. The molecule has 0 spiro atoms. The number of nitrogens with one attached hydrogen (secondary N) is 10. The van der Waals surface area contributed by atoms with Gasteiger partial charge in [-0.3, -0.25) is 52.9 Å². The SMILES string of the molecule is CCC(C)C(NC(=O)C(CC(N)=O)NC(=O)C(NC(=O)C(Cc1cnc[nH]1)NC(=O)C(CCCN=C(N)N)NC(=O)C(N)C(C)O)C(C)C)C(=O)NC(CC(C)C)C(=O)NC(CC(C)C)C(=O)NC(Cc1ccccc1)C(=O)NC(CCSC)C(=O)O. The number of aliphatic hydroxyl groups is 1. The third-order valence-electron chi connectivity index (χ3n) is 13.9. The first-order chi connectivity index (χ1) is 40.9. The molecule has 0 aliphatic carbocycles. The average molecular weight is 1240 g/mol. The molecule has 0 aliphatic heterocycles. The number of aromatic amines is 1. The van der Waals surface area contributed by atoms with Crippen LogP contribution in [0.5, 0.6) is 0 Å². The lowest BCUT2D eigenvalue weighted by Crippen LogP contribution is -2.62.